The summed E-state index contributed by atoms with van der Waals surface area (Å²) in [5, 5.41) is 10.2. The summed E-state index contributed by atoms with van der Waals surface area (Å²) in [7, 11) is 1.95. The van der Waals surface area contributed by atoms with E-state index in [-0.39, 0.29) is 0 Å². The van der Waals surface area contributed by atoms with Crippen LogP contribution in [-0.2, 0) is 11.2 Å². The van der Waals surface area contributed by atoms with Crippen LogP contribution in [0.5, 0.6) is 5.75 Å². The van der Waals surface area contributed by atoms with Crippen LogP contribution in [-0.4, -0.2) is 29.5 Å². The topological polar surface area (TPSA) is 40.5 Å². The first kappa shape index (κ1) is 28.5. The molecule has 3 heteroatoms. The molecule has 1 amide bonds. The van der Waals surface area contributed by atoms with E-state index in [1.165, 1.54) is 95.5 Å². The number of benzene rings is 1. The van der Waals surface area contributed by atoms with Crippen LogP contribution in [0, 0.1) is 23.2 Å². The van der Waals surface area contributed by atoms with Gasteiger partial charge in [0.1, 0.15) is 5.75 Å². The molecule has 3 aliphatic rings. The molecular weight excluding hydrogens is 454 g/mol. The second kappa shape index (κ2) is 13.5. The number of carbonyl (C=O) groups excluding carboxylic acids is 1. The van der Waals surface area contributed by atoms with E-state index in [4.69, 9.17) is 0 Å². The summed E-state index contributed by atoms with van der Waals surface area (Å²) in [6.45, 7) is 5.69. The number of amides is 1. The van der Waals surface area contributed by atoms with E-state index in [2.05, 4.69) is 26.0 Å². The van der Waals surface area contributed by atoms with Gasteiger partial charge in [-0.1, -0.05) is 77.7 Å². The standard InChI is InChI=1S/C34H55NO2/c1-4-5-23-35(3)32(37)17-13-11-9-7-6-8-10-12-15-26-24-27-25-28(36)18-19-29(27)30-20-22-34(2)21-14-16-31(34)33(26)30/h18-19,25-26,30-31,33,36H,4-17,20-24H2,1-3H3. The van der Waals surface area contributed by atoms with Crippen molar-refractivity contribution in [1.82, 2.24) is 4.90 Å². The number of aromatic hydroxyl groups is 1. The lowest BCUT2D eigenvalue weighted by Gasteiger charge is -2.52. The molecule has 0 bridgehead atoms. The van der Waals surface area contributed by atoms with Crippen LogP contribution in [0.25, 0.3) is 0 Å². The van der Waals surface area contributed by atoms with Gasteiger partial charge in [0, 0.05) is 20.0 Å². The summed E-state index contributed by atoms with van der Waals surface area (Å²) in [6, 6.07) is 6.27. The first-order valence-corrected chi connectivity index (χ1v) is 16.0. The smallest absolute Gasteiger partial charge is 0.222 e. The fourth-order valence-electron chi connectivity index (χ4n) is 8.50. The number of carbonyl (C=O) groups is 1. The van der Waals surface area contributed by atoms with E-state index in [1.54, 1.807) is 5.56 Å². The van der Waals surface area contributed by atoms with Gasteiger partial charge in [-0.05, 0) is 104 Å². The van der Waals surface area contributed by atoms with Gasteiger partial charge in [0.05, 0.1) is 0 Å². The molecule has 0 spiro atoms. The third-order valence-corrected chi connectivity index (χ3v) is 10.7. The summed E-state index contributed by atoms with van der Waals surface area (Å²) in [4.78, 5) is 14.1. The Morgan fingerprint density at radius 1 is 1.00 bits per heavy atom. The van der Waals surface area contributed by atoms with Gasteiger partial charge in [-0.3, -0.25) is 4.79 Å². The van der Waals surface area contributed by atoms with Crippen molar-refractivity contribution in [3.63, 3.8) is 0 Å². The van der Waals surface area contributed by atoms with Crippen molar-refractivity contribution in [2.24, 2.45) is 23.2 Å². The van der Waals surface area contributed by atoms with Crippen molar-refractivity contribution in [2.45, 2.75) is 135 Å². The van der Waals surface area contributed by atoms with Gasteiger partial charge >= 0.3 is 0 Å². The summed E-state index contributed by atoms with van der Waals surface area (Å²) in [5.74, 6) is 4.08. The number of hydrogen-bond donors (Lipinski definition) is 1. The lowest BCUT2D eigenvalue weighted by Crippen LogP contribution is -2.44. The van der Waals surface area contributed by atoms with Crippen molar-refractivity contribution in [2.75, 3.05) is 13.6 Å². The molecule has 0 radical (unpaired) electrons. The van der Waals surface area contributed by atoms with Crippen LogP contribution in [0.2, 0.25) is 0 Å². The molecule has 37 heavy (non-hydrogen) atoms. The summed E-state index contributed by atoms with van der Waals surface area (Å²) in [5.41, 5.74) is 3.61. The van der Waals surface area contributed by atoms with Crippen molar-refractivity contribution in [1.29, 1.82) is 0 Å². The molecule has 0 saturated heterocycles. The Labute approximate surface area is 227 Å². The first-order chi connectivity index (χ1) is 17.9. The highest BCUT2D eigenvalue weighted by molar-refractivity contribution is 5.75. The zero-order valence-corrected chi connectivity index (χ0v) is 24.3. The molecular formula is C34H55NO2. The maximum Gasteiger partial charge on any atom is 0.222 e. The average molecular weight is 510 g/mol. The van der Waals surface area contributed by atoms with Crippen LogP contribution in [0.15, 0.2) is 18.2 Å². The Hall–Kier alpha value is -1.51. The fourth-order valence-corrected chi connectivity index (χ4v) is 8.50. The number of phenols is 1. The number of rotatable bonds is 14. The monoisotopic (exact) mass is 509 g/mol. The normalized spacial score (nSPS) is 28.4. The highest BCUT2D eigenvalue weighted by atomic mass is 16.3. The Bertz CT molecular complexity index is 865. The average Bonchev–Trinajstić information content (AvgIpc) is 3.29. The predicted octanol–water partition coefficient (Wildman–Crippen LogP) is 9.02. The molecule has 5 atom stereocenters. The van der Waals surface area contributed by atoms with Crippen molar-refractivity contribution >= 4 is 5.91 Å². The van der Waals surface area contributed by atoms with Gasteiger partial charge < -0.3 is 10.0 Å². The molecule has 3 aliphatic carbocycles. The van der Waals surface area contributed by atoms with Crippen molar-refractivity contribution in [3.8, 4) is 5.75 Å². The van der Waals surface area contributed by atoms with Crippen LogP contribution >= 0.6 is 0 Å². The number of unbranched alkanes of at least 4 members (excludes halogenated alkanes) is 8. The number of hydrogen-bond acceptors (Lipinski definition) is 2. The molecule has 5 unspecified atom stereocenters. The van der Waals surface area contributed by atoms with E-state index < -0.39 is 0 Å². The minimum atomic E-state index is 0.326. The van der Waals surface area contributed by atoms with E-state index in [9.17, 15) is 9.90 Å². The highest BCUT2D eigenvalue weighted by Gasteiger charge is 2.52. The quantitative estimate of drug-likeness (QED) is 0.254. The molecule has 1 aromatic rings. The van der Waals surface area contributed by atoms with E-state index >= 15 is 0 Å². The van der Waals surface area contributed by atoms with Gasteiger partial charge in [0.2, 0.25) is 5.91 Å². The second-order valence-electron chi connectivity index (χ2n) is 13.3. The van der Waals surface area contributed by atoms with Crippen LogP contribution in [0.4, 0.5) is 0 Å². The highest BCUT2D eigenvalue weighted by Crippen LogP contribution is 2.62. The molecule has 208 valence electrons. The summed E-state index contributed by atoms with van der Waals surface area (Å²) >= 11 is 0. The molecule has 0 aromatic heterocycles. The fraction of sp³-hybridized carbons (Fsp3) is 0.794. The summed E-state index contributed by atoms with van der Waals surface area (Å²) in [6.07, 6.45) is 22.9. The number of fused-ring (bicyclic) bond motifs is 5. The zero-order valence-electron chi connectivity index (χ0n) is 24.3. The number of nitrogens with zero attached hydrogens (tertiary/aromatic N) is 1. The minimum Gasteiger partial charge on any atom is -0.508 e. The third kappa shape index (κ3) is 7.12. The largest absolute Gasteiger partial charge is 0.508 e. The van der Waals surface area contributed by atoms with E-state index in [0.29, 0.717) is 17.1 Å². The molecule has 2 saturated carbocycles. The third-order valence-electron chi connectivity index (χ3n) is 10.7. The van der Waals surface area contributed by atoms with Gasteiger partial charge in [-0.2, -0.15) is 0 Å². The molecule has 0 heterocycles. The van der Waals surface area contributed by atoms with Gasteiger partial charge in [-0.25, -0.2) is 0 Å². The van der Waals surface area contributed by atoms with Gasteiger partial charge in [0.25, 0.3) is 0 Å². The van der Waals surface area contributed by atoms with Crippen LogP contribution in [0.1, 0.15) is 140 Å². The maximum absolute atomic E-state index is 12.2. The van der Waals surface area contributed by atoms with Crippen molar-refractivity contribution in [3.05, 3.63) is 29.3 Å². The summed E-state index contributed by atoms with van der Waals surface area (Å²) < 4.78 is 0. The van der Waals surface area contributed by atoms with Crippen molar-refractivity contribution < 1.29 is 9.90 Å². The van der Waals surface area contributed by atoms with Crippen LogP contribution in [0.3, 0.4) is 0 Å². The molecule has 4 rings (SSSR count). The Morgan fingerprint density at radius 3 is 2.49 bits per heavy atom. The van der Waals surface area contributed by atoms with Gasteiger partial charge in [0.15, 0.2) is 0 Å². The second-order valence-corrected chi connectivity index (χ2v) is 13.3. The van der Waals surface area contributed by atoms with E-state index in [0.717, 1.165) is 55.9 Å². The first-order valence-electron chi connectivity index (χ1n) is 16.0. The Kier molecular flexibility index (Phi) is 10.4. The maximum atomic E-state index is 12.2. The van der Waals surface area contributed by atoms with Gasteiger partial charge in [-0.15, -0.1) is 0 Å². The molecule has 3 nitrogen and oxygen atoms in total. The Morgan fingerprint density at radius 2 is 1.73 bits per heavy atom. The zero-order chi connectivity index (χ0) is 26.3. The predicted molar refractivity (Wildman–Crippen MR) is 155 cm³/mol. The molecule has 1 N–H and O–H groups in total. The molecule has 1 aromatic carbocycles. The SMILES string of the molecule is CCCCN(C)C(=O)CCCCCCCCCCC1Cc2cc(O)ccc2C2CCC3(C)CCCC3C12. The molecule has 0 aliphatic heterocycles. The Balaban J connectivity index is 1.16. The molecule has 2 fully saturated rings. The van der Waals surface area contributed by atoms with E-state index in [1.807, 2.05) is 18.0 Å². The lowest BCUT2D eigenvalue weighted by molar-refractivity contribution is -0.130. The number of phenolic OH excluding ortho intramolecular Hbond substituents is 1. The van der Waals surface area contributed by atoms with Crippen LogP contribution < -0.4 is 0 Å². The minimum absolute atomic E-state index is 0.326. The lowest BCUT2D eigenvalue weighted by atomic mass is 9.52.